The number of aromatic nitrogens is 1. The van der Waals surface area contributed by atoms with Gasteiger partial charge in [-0.05, 0) is 48.4 Å². The number of β-amino-alcohol motifs (C(OH)–C–C–N with tert-alkyl or cyclic N) is 1. The largest absolute Gasteiger partial charge is 0.395 e. The summed E-state index contributed by atoms with van der Waals surface area (Å²) in [5.41, 5.74) is 2.73. The van der Waals surface area contributed by atoms with E-state index in [9.17, 15) is 0 Å². The molecule has 3 heteroatoms. The van der Waals surface area contributed by atoms with Crippen LogP contribution in [0.2, 0.25) is 0 Å². The molecule has 3 rings (SSSR count). The van der Waals surface area contributed by atoms with Crippen molar-refractivity contribution in [1.29, 1.82) is 0 Å². The first kappa shape index (κ1) is 12.7. The van der Waals surface area contributed by atoms with Crippen LogP contribution in [0, 0.1) is 0 Å². The average Bonchev–Trinajstić information content (AvgIpc) is 2.95. The summed E-state index contributed by atoms with van der Waals surface area (Å²) >= 11 is 0. The van der Waals surface area contributed by atoms with Crippen LogP contribution >= 0.6 is 0 Å². The van der Waals surface area contributed by atoms with Gasteiger partial charge in [0.05, 0.1) is 6.61 Å². The van der Waals surface area contributed by atoms with E-state index >= 15 is 0 Å². The number of hydrogen-bond acceptors (Lipinski definition) is 2. The zero-order chi connectivity index (χ0) is 13.4. The van der Waals surface area contributed by atoms with Crippen LogP contribution in [-0.4, -0.2) is 40.3 Å². The summed E-state index contributed by atoms with van der Waals surface area (Å²) in [6.07, 6.45) is 3.31. The van der Waals surface area contributed by atoms with Crippen molar-refractivity contribution in [3.05, 3.63) is 36.0 Å². The molecule has 0 saturated carbocycles. The molecule has 2 unspecified atom stereocenters. The van der Waals surface area contributed by atoms with Crippen LogP contribution in [0.1, 0.15) is 24.8 Å². The molecular weight excluding hydrogens is 236 g/mol. The van der Waals surface area contributed by atoms with Gasteiger partial charge in [-0.2, -0.15) is 0 Å². The van der Waals surface area contributed by atoms with Gasteiger partial charge in [0.25, 0.3) is 0 Å². The lowest BCUT2D eigenvalue weighted by Gasteiger charge is -2.19. The first-order valence-electron chi connectivity index (χ1n) is 7.09. The molecular formula is C16H22N2O. The lowest BCUT2D eigenvalue weighted by atomic mass is 9.96. The smallest absolute Gasteiger partial charge is 0.0558 e. The molecule has 3 nitrogen and oxygen atoms in total. The van der Waals surface area contributed by atoms with Gasteiger partial charge < -0.3 is 9.67 Å². The monoisotopic (exact) mass is 258 g/mol. The quantitative estimate of drug-likeness (QED) is 0.915. The van der Waals surface area contributed by atoms with Crippen molar-refractivity contribution < 1.29 is 5.11 Å². The Bertz CT molecular complexity index is 575. The molecule has 102 valence electrons. The SMILES string of the molecule is CC1CC(c2ccc3c(ccn3C)c2)CN1CCO. The van der Waals surface area contributed by atoms with E-state index < -0.39 is 0 Å². The van der Waals surface area contributed by atoms with E-state index in [2.05, 4.69) is 53.9 Å². The molecule has 2 aromatic rings. The van der Waals surface area contributed by atoms with Gasteiger partial charge in [-0.25, -0.2) is 0 Å². The third kappa shape index (κ3) is 2.28. The fourth-order valence-corrected chi connectivity index (χ4v) is 3.33. The second kappa shape index (κ2) is 4.99. The fraction of sp³-hybridized carbons (Fsp3) is 0.500. The summed E-state index contributed by atoms with van der Waals surface area (Å²) in [5, 5.41) is 10.4. The number of likely N-dealkylation sites (tertiary alicyclic amines) is 1. The summed E-state index contributed by atoms with van der Waals surface area (Å²) in [5.74, 6) is 0.603. The van der Waals surface area contributed by atoms with E-state index in [1.807, 2.05) is 0 Å². The van der Waals surface area contributed by atoms with E-state index in [-0.39, 0.29) is 6.61 Å². The summed E-state index contributed by atoms with van der Waals surface area (Å²) in [6, 6.07) is 9.58. The molecule has 0 spiro atoms. The molecule has 2 atom stereocenters. The normalized spacial score (nSPS) is 24.4. The number of fused-ring (bicyclic) bond motifs is 1. The highest BCUT2D eigenvalue weighted by Gasteiger charge is 2.29. The van der Waals surface area contributed by atoms with Crippen molar-refractivity contribution >= 4 is 10.9 Å². The van der Waals surface area contributed by atoms with Crippen molar-refractivity contribution in [2.24, 2.45) is 7.05 Å². The molecule has 1 aromatic heterocycles. The van der Waals surface area contributed by atoms with Gasteiger partial charge in [0.1, 0.15) is 0 Å². The van der Waals surface area contributed by atoms with E-state index in [4.69, 9.17) is 5.11 Å². The number of rotatable bonds is 3. The molecule has 0 bridgehead atoms. The highest BCUT2D eigenvalue weighted by molar-refractivity contribution is 5.80. The lowest BCUT2D eigenvalue weighted by molar-refractivity contribution is 0.191. The van der Waals surface area contributed by atoms with Gasteiger partial charge in [0, 0.05) is 37.9 Å². The van der Waals surface area contributed by atoms with E-state index in [1.165, 1.54) is 22.9 Å². The van der Waals surface area contributed by atoms with Crippen molar-refractivity contribution in [2.45, 2.75) is 25.3 Å². The minimum Gasteiger partial charge on any atom is -0.395 e. The lowest BCUT2D eigenvalue weighted by Crippen LogP contribution is -2.29. The fourth-order valence-electron chi connectivity index (χ4n) is 3.33. The molecule has 2 heterocycles. The highest BCUT2D eigenvalue weighted by atomic mass is 16.3. The number of aliphatic hydroxyl groups excluding tert-OH is 1. The first-order valence-corrected chi connectivity index (χ1v) is 7.09. The molecule has 0 amide bonds. The molecule has 1 fully saturated rings. The minimum atomic E-state index is 0.259. The number of aryl methyl sites for hydroxylation is 1. The molecule has 1 aliphatic heterocycles. The van der Waals surface area contributed by atoms with Crippen molar-refractivity contribution in [1.82, 2.24) is 9.47 Å². The topological polar surface area (TPSA) is 28.4 Å². The van der Waals surface area contributed by atoms with E-state index in [0.29, 0.717) is 12.0 Å². The Labute approximate surface area is 114 Å². The molecule has 1 aromatic carbocycles. The van der Waals surface area contributed by atoms with Gasteiger partial charge in [0.15, 0.2) is 0 Å². The third-order valence-corrected chi connectivity index (χ3v) is 4.47. The Balaban J connectivity index is 1.85. The predicted octanol–water partition coefficient (Wildman–Crippen LogP) is 2.35. The van der Waals surface area contributed by atoms with Crippen LogP contribution in [0.25, 0.3) is 10.9 Å². The zero-order valence-corrected chi connectivity index (χ0v) is 11.7. The summed E-state index contributed by atoms with van der Waals surface area (Å²) < 4.78 is 2.16. The predicted molar refractivity (Wildman–Crippen MR) is 78.4 cm³/mol. The van der Waals surface area contributed by atoms with Crippen molar-refractivity contribution in [3.8, 4) is 0 Å². The van der Waals surface area contributed by atoms with Crippen molar-refractivity contribution in [2.75, 3.05) is 19.7 Å². The Morgan fingerprint density at radius 1 is 1.32 bits per heavy atom. The maximum atomic E-state index is 9.10. The Morgan fingerprint density at radius 3 is 2.95 bits per heavy atom. The first-order chi connectivity index (χ1) is 9.19. The Kier molecular flexibility index (Phi) is 3.33. The maximum Gasteiger partial charge on any atom is 0.0558 e. The van der Waals surface area contributed by atoms with Crippen LogP contribution in [0.15, 0.2) is 30.5 Å². The molecule has 19 heavy (non-hydrogen) atoms. The van der Waals surface area contributed by atoms with Gasteiger partial charge in [-0.1, -0.05) is 6.07 Å². The number of aliphatic hydroxyl groups is 1. The Morgan fingerprint density at radius 2 is 2.16 bits per heavy atom. The van der Waals surface area contributed by atoms with Crippen LogP contribution in [0.4, 0.5) is 0 Å². The van der Waals surface area contributed by atoms with E-state index in [1.54, 1.807) is 0 Å². The second-order valence-corrected chi connectivity index (χ2v) is 5.75. The molecule has 1 aliphatic rings. The second-order valence-electron chi connectivity index (χ2n) is 5.75. The highest BCUT2D eigenvalue weighted by Crippen LogP contribution is 2.32. The van der Waals surface area contributed by atoms with Crippen LogP contribution in [0.3, 0.4) is 0 Å². The average molecular weight is 258 g/mol. The van der Waals surface area contributed by atoms with Gasteiger partial charge in [-0.3, -0.25) is 4.90 Å². The van der Waals surface area contributed by atoms with Crippen LogP contribution in [-0.2, 0) is 7.05 Å². The maximum absolute atomic E-state index is 9.10. The van der Waals surface area contributed by atoms with Gasteiger partial charge in [-0.15, -0.1) is 0 Å². The standard InChI is InChI=1S/C16H22N2O/c1-12-9-15(11-18(12)7-8-19)13-3-4-16-14(10-13)5-6-17(16)2/h3-6,10,12,15,19H,7-9,11H2,1-2H3. The van der Waals surface area contributed by atoms with Crippen LogP contribution in [0.5, 0.6) is 0 Å². The third-order valence-electron chi connectivity index (χ3n) is 4.47. The van der Waals surface area contributed by atoms with E-state index in [0.717, 1.165) is 13.1 Å². The molecule has 0 aliphatic carbocycles. The number of hydrogen-bond donors (Lipinski definition) is 1. The molecule has 0 radical (unpaired) electrons. The summed E-state index contributed by atoms with van der Waals surface area (Å²) in [4.78, 5) is 2.39. The van der Waals surface area contributed by atoms with Crippen LogP contribution < -0.4 is 0 Å². The van der Waals surface area contributed by atoms with Gasteiger partial charge in [0.2, 0.25) is 0 Å². The van der Waals surface area contributed by atoms with Crippen molar-refractivity contribution in [3.63, 3.8) is 0 Å². The molecule has 1 saturated heterocycles. The summed E-state index contributed by atoms with van der Waals surface area (Å²) in [7, 11) is 2.09. The number of benzene rings is 1. The minimum absolute atomic E-state index is 0.259. The zero-order valence-electron chi connectivity index (χ0n) is 11.7. The summed E-state index contributed by atoms with van der Waals surface area (Å²) in [6.45, 7) is 4.39. The number of nitrogens with zero attached hydrogens (tertiary/aromatic N) is 2. The molecule has 1 N–H and O–H groups in total. The Hall–Kier alpha value is -1.32. The van der Waals surface area contributed by atoms with Gasteiger partial charge >= 0.3 is 0 Å².